The summed E-state index contributed by atoms with van der Waals surface area (Å²) in [5.41, 5.74) is 7.34. The maximum Gasteiger partial charge on any atom is 0.158 e. The summed E-state index contributed by atoms with van der Waals surface area (Å²) in [7, 11) is 0. The van der Waals surface area contributed by atoms with Crippen LogP contribution in [0.15, 0.2) is 78.9 Å². The lowest BCUT2D eigenvalue weighted by molar-refractivity contribution is 0.761. The zero-order valence-corrected chi connectivity index (χ0v) is 16.4. The highest BCUT2D eigenvalue weighted by Gasteiger charge is 2.22. The Morgan fingerprint density at radius 3 is 1.90 bits per heavy atom. The Labute approximate surface area is 177 Å². The molecular weight excluding hydrogens is 387 g/mol. The predicted octanol–water partition coefficient (Wildman–Crippen LogP) is 6.37. The van der Waals surface area contributed by atoms with Crippen molar-refractivity contribution in [2.24, 2.45) is 0 Å². The average Bonchev–Trinajstić information content (AvgIpc) is 3.55. The number of hydrogen-bond acceptors (Lipinski definition) is 2. The van der Waals surface area contributed by atoms with E-state index in [1.54, 1.807) is 6.07 Å². The number of aromatic amines is 2. The van der Waals surface area contributed by atoms with Gasteiger partial charge in [0.2, 0.25) is 0 Å². The minimum absolute atomic E-state index is 0.280. The fourth-order valence-corrected chi connectivity index (χ4v) is 3.92. The van der Waals surface area contributed by atoms with E-state index in [9.17, 15) is 0 Å². The van der Waals surface area contributed by atoms with E-state index < -0.39 is 0 Å². The summed E-state index contributed by atoms with van der Waals surface area (Å²) in [6.45, 7) is 0. The molecule has 3 aromatic heterocycles. The van der Waals surface area contributed by atoms with Crippen molar-refractivity contribution >= 4 is 45.6 Å². The third-order valence-corrected chi connectivity index (χ3v) is 5.34. The van der Waals surface area contributed by atoms with Gasteiger partial charge in [0.1, 0.15) is 5.69 Å². The zero-order chi connectivity index (χ0) is 20.8. The van der Waals surface area contributed by atoms with Gasteiger partial charge in [-0.3, -0.25) is 0 Å². The molecule has 0 amide bonds. The van der Waals surface area contributed by atoms with Crippen LogP contribution in [0.1, 0.15) is 28.3 Å². The van der Waals surface area contributed by atoms with Gasteiger partial charge in [-0.15, -0.1) is 0 Å². The molecule has 0 radical (unpaired) electrons. The van der Waals surface area contributed by atoms with Crippen molar-refractivity contribution in [3.05, 3.63) is 107 Å². The average molecular weight is 404 g/mol. The maximum absolute atomic E-state index is 15.5. The van der Waals surface area contributed by atoms with Crippen LogP contribution in [-0.4, -0.2) is 19.9 Å². The topological polar surface area (TPSA) is 57.4 Å². The van der Waals surface area contributed by atoms with Gasteiger partial charge in [0, 0.05) is 27.6 Å². The van der Waals surface area contributed by atoms with Gasteiger partial charge in [-0.05, 0) is 66.2 Å². The Bertz CT molecular complexity index is 1540. The van der Waals surface area contributed by atoms with Crippen LogP contribution in [0.25, 0.3) is 45.6 Å². The molecule has 0 saturated heterocycles. The number of nitrogens with one attached hydrogen (secondary N) is 2. The molecule has 0 spiro atoms. The number of aromatic nitrogens is 4. The highest BCUT2D eigenvalue weighted by molar-refractivity contribution is 5.97. The lowest BCUT2D eigenvalue weighted by Gasteiger charge is -2.02. The first-order valence-corrected chi connectivity index (χ1v) is 10.0. The van der Waals surface area contributed by atoms with Crippen LogP contribution in [0.5, 0.6) is 0 Å². The molecule has 5 heterocycles. The highest BCUT2D eigenvalue weighted by Crippen LogP contribution is 2.36. The second-order valence-electron chi connectivity index (χ2n) is 7.55. The van der Waals surface area contributed by atoms with E-state index in [-0.39, 0.29) is 11.5 Å². The van der Waals surface area contributed by atoms with E-state index in [1.807, 2.05) is 84.9 Å². The molecule has 0 fully saturated rings. The second kappa shape index (κ2) is 6.92. The van der Waals surface area contributed by atoms with E-state index in [4.69, 9.17) is 0 Å². The van der Waals surface area contributed by atoms with Crippen LogP contribution >= 0.6 is 0 Å². The summed E-state index contributed by atoms with van der Waals surface area (Å²) in [5.74, 6) is -0.345. The minimum atomic E-state index is -0.345. The lowest BCUT2D eigenvalue weighted by Crippen LogP contribution is -1.85. The number of benzene rings is 1. The third kappa shape index (κ3) is 3.26. The number of hydrogen-bond donors (Lipinski definition) is 2. The van der Waals surface area contributed by atoms with Crippen LogP contribution in [0.2, 0.25) is 0 Å². The molecule has 2 aliphatic rings. The highest BCUT2D eigenvalue weighted by atomic mass is 19.1. The fourth-order valence-electron chi connectivity index (χ4n) is 3.92. The molecule has 0 unspecified atom stereocenters. The second-order valence-corrected chi connectivity index (χ2v) is 7.55. The molecule has 148 valence electrons. The monoisotopic (exact) mass is 404 g/mol. The largest absolute Gasteiger partial charge is 0.355 e. The Balaban J connectivity index is 1.69. The number of H-pyrrole nitrogens is 2. The Kier molecular flexibility index (Phi) is 3.93. The molecule has 2 aliphatic heterocycles. The van der Waals surface area contributed by atoms with Crippen molar-refractivity contribution in [1.29, 1.82) is 0 Å². The molecule has 8 bridgehead atoms. The Morgan fingerprint density at radius 2 is 1.19 bits per heavy atom. The number of rotatable bonds is 1. The third-order valence-electron chi connectivity index (χ3n) is 5.34. The lowest BCUT2D eigenvalue weighted by atomic mass is 10.0. The van der Waals surface area contributed by atoms with Crippen molar-refractivity contribution in [2.75, 3.05) is 0 Å². The van der Waals surface area contributed by atoms with Crippen molar-refractivity contribution < 1.29 is 4.39 Å². The molecule has 4 aromatic rings. The van der Waals surface area contributed by atoms with E-state index >= 15 is 4.39 Å². The predicted molar refractivity (Wildman–Crippen MR) is 123 cm³/mol. The van der Waals surface area contributed by atoms with Crippen LogP contribution in [-0.2, 0) is 0 Å². The molecule has 6 rings (SSSR count). The number of fused-ring (bicyclic) bond motifs is 8. The summed E-state index contributed by atoms with van der Waals surface area (Å²) in [6, 6.07) is 25.1. The fraction of sp³-hybridized carbons (Fsp3) is 0. The van der Waals surface area contributed by atoms with Crippen molar-refractivity contribution in [1.82, 2.24) is 19.9 Å². The van der Waals surface area contributed by atoms with Crippen molar-refractivity contribution in [2.45, 2.75) is 0 Å². The molecule has 0 saturated carbocycles. The summed E-state index contributed by atoms with van der Waals surface area (Å²) in [6.07, 6.45) is 3.79. The summed E-state index contributed by atoms with van der Waals surface area (Å²) >= 11 is 0. The molecular formula is C26H17FN4. The minimum Gasteiger partial charge on any atom is -0.355 e. The molecule has 5 heteroatoms. The van der Waals surface area contributed by atoms with E-state index in [1.165, 1.54) is 0 Å². The van der Waals surface area contributed by atoms with E-state index in [0.717, 1.165) is 33.3 Å². The van der Waals surface area contributed by atoms with Crippen LogP contribution in [0.4, 0.5) is 4.39 Å². The summed E-state index contributed by atoms with van der Waals surface area (Å²) < 4.78 is 15.5. The van der Waals surface area contributed by atoms with Crippen molar-refractivity contribution in [3.8, 4) is 0 Å². The number of halogens is 1. The molecule has 31 heavy (non-hydrogen) atoms. The van der Waals surface area contributed by atoms with Gasteiger partial charge in [-0.1, -0.05) is 30.3 Å². The van der Waals surface area contributed by atoms with Gasteiger partial charge in [0.25, 0.3) is 0 Å². The molecule has 0 aliphatic carbocycles. The smallest absolute Gasteiger partial charge is 0.158 e. The van der Waals surface area contributed by atoms with Crippen LogP contribution in [0.3, 0.4) is 0 Å². The summed E-state index contributed by atoms with van der Waals surface area (Å²) in [5, 5.41) is 0. The first-order valence-electron chi connectivity index (χ1n) is 10.0. The first kappa shape index (κ1) is 17.6. The molecule has 2 N–H and O–H groups in total. The van der Waals surface area contributed by atoms with Crippen LogP contribution in [0, 0.1) is 0 Å². The Morgan fingerprint density at radius 1 is 0.581 bits per heavy atom. The summed E-state index contributed by atoms with van der Waals surface area (Å²) in [4.78, 5) is 16.0. The normalized spacial score (nSPS) is 13.1. The molecule has 0 atom stereocenters. The quantitative estimate of drug-likeness (QED) is 0.341. The van der Waals surface area contributed by atoms with Gasteiger partial charge < -0.3 is 9.97 Å². The first-order chi connectivity index (χ1) is 15.2. The van der Waals surface area contributed by atoms with Crippen molar-refractivity contribution in [3.63, 3.8) is 0 Å². The number of nitrogens with zero attached hydrogens (tertiary/aromatic N) is 2. The van der Waals surface area contributed by atoms with E-state index in [2.05, 4.69) is 19.9 Å². The van der Waals surface area contributed by atoms with Gasteiger partial charge >= 0.3 is 0 Å². The van der Waals surface area contributed by atoms with Gasteiger partial charge in [0.15, 0.2) is 5.83 Å². The standard InChI is InChI=1S/C26H17FN4/c27-26-24-15-22-11-9-20(30-22)13-18-7-6-17(28-18)12-19-8-10-21(29-19)14-23(31-24)25(26)16-4-2-1-3-5-16/h1-15,28-29H. The van der Waals surface area contributed by atoms with E-state index in [0.29, 0.717) is 17.0 Å². The maximum atomic E-state index is 15.5. The van der Waals surface area contributed by atoms with Crippen LogP contribution < -0.4 is 0 Å². The van der Waals surface area contributed by atoms with Gasteiger partial charge in [-0.2, -0.15) is 0 Å². The zero-order valence-electron chi connectivity index (χ0n) is 16.4. The SMILES string of the molecule is FC1=C(c2ccccc2)c2cc3ccc(cc4ccc(cc5nc(cc1n2)C=C5)[nH]4)[nH]3. The molecule has 4 nitrogen and oxygen atoms in total. The molecule has 1 aromatic carbocycles. The Hall–Kier alpha value is -4.25. The van der Waals surface area contributed by atoms with Gasteiger partial charge in [-0.25, -0.2) is 14.4 Å². The van der Waals surface area contributed by atoms with Gasteiger partial charge in [0.05, 0.1) is 17.1 Å².